The van der Waals surface area contributed by atoms with Crippen LogP contribution >= 0.6 is 0 Å². The summed E-state index contributed by atoms with van der Waals surface area (Å²) >= 11 is 0. The Hall–Kier alpha value is -4.76. The Balaban J connectivity index is 1.04. The van der Waals surface area contributed by atoms with Crippen molar-refractivity contribution in [2.24, 2.45) is 0 Å². The van der Waals surface area contributed by atoms with Crippen LogP contribution in [0.1, 0.15) is 30.1 Å². The number of rotatable bonds is 6. The predicted octanol–water partition coefficient (Wildman–Crippen LogP) is 5.02. The molecule has 0 spiro atoms. The number of aromatic amines is 1. The zero-order valence-electron chi connectivity index (χ0n) is 21.4. The first-order valence-corrected chi connectivity index (χ1v) is 13.2. The van der Waals surface area contributed by atoms with Crippen LogP contribution in [0.3, 0.4) is 0 Å². The van der Waals surface area contributed by atoms with Crippen LogP contribution in [0.15, 0.2) is 91.6 Å². The van der Waals surface area contributed by atoms with Gasteiger partial charge in [-0.25, -0.2) is 15.0 Å². The Labute approximate surface area is 225 Å². The molecule has 1 N–H and O–H groups in total. The van der Waals surface area contributed by atoms with Crippen LogP contribution < -0.4 is 0 Å². The van der Waals surface area contributed by atoms with Crippen molar-refractivity contribution >= 4 is 5.78 Å². The number of aromatic nitrogens is 8. The lowest BCUT2D eigenvalue weighted by molar-refractivity contribution is 0.202. The molecule has 1 aliphatic rings. The van der Waals surface area contributed by atoms with Gasteiger partial charge in [0.25, 0.3) is 0 Å². The molecular formula is C30H27N9. The number of hydrogen-bond donors (Lipinski definition) is 1. The zero-order valence-corrected chi connectivity index (χ0v) is 21.4. The normalized spacial score (nSPS) is 14.7. The molecule has 192 valence electrons. The fourth-order valence-electron chi connectivity index (χ4n) is 5.32. The second kappa shape index (κ2) is 10.2. The third-order valence-corrected chi connectivity index (χ3v) is 7.35. The van der Waals surface area contributed by atoms with E-state index in [1.807, 2.05) is 59.4 Å². The summed E-state index contributed by atoms with van der Waals surface area (Å²) in [5.41, 5.74) is 6.19. The summed E-state index contributed by atoms with van der Waals surface area (Å²) in [5, 5.41) is 7.56. The van der Waals surface area contributed by atoms with Crippen LogP contribution in [0, 0.1) is 0 Å². The average Bonchev–Trinajstić information content (AvgIpc) is 3.65. The topological polar surface area (TPSA) is 101 Å². The van der Waals surface area contributed by atoms with Crippen molar-refractivity contribution in [3.8, 4) is 34.0 Å². The summed E-state index contributed by atoms with van der Waals surface area (Å²) in [4.78, 5) is 25.1. The predicted molar refractivity (Wildman–Crippen MR) is 149 cm³/mol. The molecule has 6 heterocycles. The van der Waals surface area contributed by atoms with Gasteiger partial charge in [0.1, 0.15) is 5.69 Å². The van der Waals surface area contributed by atoms with Gasteiger partial charge in [-0.05, 0) is 61.8 Å². The van der Waals surface area contributed by atoms with Gasteiger partial charge in [-0.1, -0.05) is 30.3 Å². The lowest BCUT2D eigenvalue weighted by Crippen LogP contribution is -2.32. The Bertz CT molecular complexity index is 1680. The van der Waals surface area contributed by atoms with Crippen LogP contribution in [-0.4, -0.2) is 57.5 Å². The molecule has 1 aromatic carbocycles. The number of fused-ring (bicyclic) bond motifs is 1. The molecule has 0 radical (unpaired) electrons. The molecule has 0 amide bonds. The van der Waals surface area contributed by atoms with E-state index in [9.17, 15) is 0 Å². The SMILES string of the molecule is c1ccc(-c2nc(C3CCN(Cc4ccc(-c5nc6ncccn6c5-c5ccncc5)cc4)CC3)n[nH]2)nc1. The maximum atomic E-state index is 4.87. The van der Waals surface area contributed by atoms with E-state index in [1.165, 1.54) is 5.56 Å². The maximum Gasteiger partial charge on any atom is 0.234 e. The van der Waals surface area contributed by atoms with Gasteiger partial charge in [-0.3, -0.25) is 24.4 Å². The molecule has 6 aromatic rings. The van der Waals surface area contributed by atoms with Crippen molar-refractivity contribution < 1.29 is 0 Å². The van der Waals surface area contributed by atoms with Gasteiger partial charge in [0.15, 0.2) is 11.6 Å². The molecule has 7 rings (SSSR count). The van der Waals surface area contributed by atoms with E-state index in [0.717, 1.165) is 72.3 Å². The molecule has 5 aromatic heterocycles. The smallest absolute Gasteiger partial charge is 0.234 e. The first-order valence-electron chi connectivity index (χ1n) is 13.2. The van der Waals surface area contributed by atoms with Crippen LogP contribution in [0.5, 0.6) is 0 Å². The van der Waals surface area contributed by atoms with Crippen LogP contribution in [0.2, 0.25) is 0 Å². The zero-order chi connectivity index (χ0) is 26.0. The number of imidazole rings is 1. The van der Waals surface area contributed by atoms with Gasteiger partial charge in [-0.2, -0.15) is 5.10 Å². The Kier molecular flexibility index (Phi) is 6.10. The molecular weight excluding hydrogens is 486 g/mol. The lowest BCUT2D eigenvalue weighted by atomic mass is 9.95. The van der Waals surface area contributed by atoms with E-state index >= 15 is 0 Å². The first-order chi connectivity index (χ1) is 19.3. The highest BCUT2D eigenvalue weighted by molar-refractivity contribution is 5.81. The van der Waals surface area contributed by atoms with Crippen molar-refractivity contribution in [3.63, 3.8) is 0 Å². The molecule has 0 atom stereocenters. The molecule has 0 unspecified atom stereocenters. The molecule has 1 saturated heterocycles. The third-order valence-electron chi connectivity index (χ3n) is 7.35. The largest absolute Gasteiger partial charge is 0.299 e. The molecule has 9 nitrogen and oxygen atoms in total. The molecule has 1 aliphatic heterocycles. The number of nitrogens with one attached hydrogen (secondary N) is 1. The summed E-state index contributed by atoms with van der Waals surface area (Å²) in [7, 11) is 0. The number of likely N-dealkylation sites (tertiary alicyclic amines) is 1. The van der Waals surface area contributed by atoms with Gasteiger partial charge in [0.2, 0.25) is 5.78 Å². The van der Waals surface area contributed by atoms with Gasteiger partial charge in [0.05, 0.1) is 11.4 Å². The number of piperidine rings is 1. The molecule has 0 bridgehead atoms. The van der Waals surface area contributed by atoms with Crippen molar-refractivity contribution in [1.82, 2.24) is 44.4 Å². The fourth-order valence-corrected chi connectivity index (χ4v) is 5.32. The Morgan fingerprint density at radius 1 is 0.795 bits per heavy atom. The molecule has 0 aliphatic carbocycles. The summed E-state index contributed by atoms with van der Waals surface area (Å²) in [6.07, 6.45) is 11.3. The quantitative estimate of drug-likeness (QED) is 0.334. The van der Waals surface area contributed by atoms with Gasteiger partial charge in [0, 0.05) is 54.6 Å². The number of hydrogen-bond acceptors (Lipinski definition) is 7. The summed E-state index contributed by atoms with van der Waals surface area (Å²) in [5.74, 6) is 2.69. The van der Waals surface area contributed by atoms with E-state index in [2.05, 4.69) is 54.3 Å². The monoisotopic (exact) mass is 513 g/mol. The fraction of sp³-hybridized carbons (Fsp3) is 0.200. The summed E-state index contributed by atoms with van der Waals surface area (Å²) in [6, 6.07) is 20.5. The number of pyridine rings is 2. The van der Waals surface area contributed by atoms with Crippen LogP contribution in [0.25, 0.3) is 39.8 Å². The summed E-state index contributed by atoms with van der Waals surface area (Å²) < 4.78 is 2.04. The van der Waals surface area contributed by atoms with E-state index in [0.29, 0.717) is 11.7 Å². The van der Waals surface area contributed by atoms with E-state index < -0.39 is 0 Å². The minimum atomic E-state index is 0.368. The van der Waals surface area contributed by atoms with E-state index in [1.54, 1.807) is 12.4 Å². The van der Waals surface area contributed by atoms with Gasteiger partial charge >= 0.3 is 0 Å². The van der Waals surface area contributed by atoms with Gasteiger partial charge < -0.3 is 0 Å². The first kappa shape index (κ1) is 23.4. The second-order valence-corrected chi connectivity index (χ2v) is 9.84. The van der Waals surface area contributed by atoms with E-state index in [-0.39, 0.29) is 0 Å². The number of H-pyrrole nitrogens is 1. The Morgan fingerprint density at radius 2 is 1.62 bits per heavy atom. The van der Waals surface area contributed by atoms with Crippen molar-refractivity contribution in [2.45, 2.75) is 25.3 Å². The molecule has 9 heteroatoms. The number of nitrogens with zero attached hydrogens (tertiary/aromatic N) is 8. The van der Waals surface area contributed by atoms with Crippen LogP contribution in [0.4, 0.5) is 0 Å². The van der Waals surface area contributed by atoms with Crippen LogP contribution in [-0.2, 0) is 6.54 Å². The van der Waals surface area contributed by atoms with Crippen molar-refractivity contribution in [2.75, 3.05) is 13.1 Å². The standard InChI is InChI=1S/C30H27N9/c1-2-13-32-25(4-1)29-35-28(36-37-29)24-11-18-38(19-12-24)20-21-5-7-22(8-6-21)26-27(23-9-15-31-16-10-23)39-17-3-14-33-30(39)34-26/h1-10,13-17,24H,11-12,18-20H2,(H,35,36,37). The highest BCUT2D eigenvalue weighted by Crippen LogP contribution is 2.33. The average molecular weight is 514 g/mol. The van der Waals surface area contributed by atoms with Gasteiger partial charge in [-0.15, -0.1) is 0 Å². The molecule has 1 fully saturated rings. The second-order valence-electron chi connectivity index (χ2n) is 9.84. The van der Waals surface area contributed by atoms with E-state index in [4.69, 9.17) is 9.97 Å². The van der Waals surface area contributed by atoms with Crippen molar-refractivity contribution in [3.05, 3.63) is 103 Å². The Morgan fingerprint density at radius 3 is 2.41 bits per heavy atom. The highest BCUT2D eigenvalue weighted by Gasteiger charge is 2.24. The highest BCUT2D eigenvalue weighted by atomic mass is 15.2. The third kappa shape index (κ3) is 4.68. The van der Waals surface area contributed by atoms with Crippen molar-refractivity contribution in [1.29, 1.82) is 0 Å². The summed E-state index contributed by atoms with van der Waals surface area (Å²) in [6.45, 7) is 2.96. The minimum Gasteiger partial charge on any atom is -0.299 e. The molecule has 39 heavy (non-hydrogen) atoms. The number of benzene rings is 1. The lowest BCUT2D eigenvalue weighted by Gasteiger charge is -2.30. The molecule has 0 saturated carbocycles. The minimum absolute atomic E-state index is 0.368. The maximum absolute atomic E-state index is 4.87.